The summed E-state index contributed by atoms with van der Waals surface area (Å²) < 4.78 is 5.35. The Hall–Kier alpha value is -0.830. The Morgan fingerprint density at radius 1 is 1.46 bits per heavy atom. The van der Waals surface area contributed by atoms with Crippen molar-refractivity contribution in [2.24, 2.45) is 5.92 Å². The van der Waals surface area contributed by atoms with Gasteiger partial charge in [0.1, 0.15) is 5.76 Å². The highest BCUT2D eigenvalue weighted by Gasteiger charge is 2.32. The Morgan fingerprint density at radius 2 is 2.46 bits per heavy atom. The molecule has 0 saturated carbocycles. The van der Waals surface area contributed by atoms with E-state index >= 15 is 0 Å². The lowest BCUT2D eigenvalue weighted by atomic mass is 9.80. The third-order valence-electron chi connectivity index (χ3n) is 3.31. The van der Waals surface area contributed by atoms with E-state index in [4.69, 9.17) is 4.42 Å². The molecule has 3 heteroatoms. The van der Waals surface area contributed by atoms with Crippen LogP contribution in [0.3, 0.4) is 0 Å². The van der Waals surface area contributed by atoms with Crippen LogP contribution in [-0.4, -0.2) is 17.6 Å². The molecule has 13 heavy (non-hydrogen) atoms. The molecular weight excluding hydrogens is 164 g/mol. The summed E-state index contributed by atoms with van der Waals surface area (Å²) in [5, 5.41) is 3.56. The molecule has 2 atom stereocenters. The van der Waals surface area contributed by atoms with Gasteiger partial charge < -0.3 is 9.73 Å². The highest BCUT2D eigenvalue weighted by molar-refractivity contribution is 5.15. The van der Waals surface area contributed by atoms with Crippen molar-refractivity contribution in [3.63, 3.8) is 0 Å². The summed E-state index contributed by atoms with van der Waals surface area (Å²) in [5.74, 6) is 1.90. The van der Waals surface area contributed by atoms with Crippen LogP contribution in [0.4, 0.5) is 0 Å². The average molecular weight is 178 g/mol. The third-order valence-corrected chi connectivity index (χ3v) is 3.31. The molecule has 1 fully saturated rings. The largest absolute Gasteiger partial charge is 0.448 e. The van der Waals surface area contributed by atoms with Gasteiger partial charge in [0.05, 0.1) is 5.69 Å². The van der Waals surface area contributed by atoms with Crippen LogP contribution in [0.2, 0.25) is 0 Å². The normalized spacial score (nSPS) is 32.3. The van der Waals surface area contributed by atoms with Crippen molar-refractivity contribution in [3.8, 4) is 0 Å². The number of oxazole rings is 1. The van der Waals surface area contributed by atoms with Crippen LogP contribution < -0.4 is 5.32 Å². The topological polar surface area (TPSA) is 38.1 Å². The minimum absolute atomic E-state index is 0.647. The summed E-state index contributed by atoms with van der Waals surface area (Å²) in [4.78, 5) is 4.25. The van der Waals surface area contributed by atoms with Crippen LogP contribution in [0, 0.1) is 5.92 Å². The molecule has 0 spiro atoms. The van der Waals surface area contributed by atoms with Crippen LogP contribution >= 0.6 is 0 Å². The Labute approximate surface area is 77.5 Å². The van der Waals surface area contributed by atoms with E-state index in [0.717, 1.165) is 24.5 Å². The molecule has 1 aromatic heterocycles. The molecular formula is C10H14N2O. The zero-order valence-corrected chi connectivity index (χ0v) is 7.62. The molecule has 1 aliphatic carbocycles. The van der Waals surface area contributed by atoms with E-state index in [2.05, 4.69) is 10.3 Å². The van der Waals surface area contributed by atoms with E-state index in [1.807, 2.05) is 0 Å². The molecule has 1 aliphatic heterocycles. The van der Waals surface area contributed by atoms with Crippen molar-refractivity contribution in [1.29, 1.82) is 0 Å². The van der Waals surface area contributed by atoms with Crippen LogP contribution in [0.25, 0.3) is 0 Å². The smallest absolute Gasteiger partial charge is 0.181 e. The van der Waals surface area contributed by atoms with Gasteiger partial charge in [0, 0.05) is 12.5 Å². The fourth-order valence-electron chi connectivity index (χ4n) is 2.58. The van der Waals surface area contributed by atoms with Crippen molar-refractivity contribution in [3.05, 3.63) is 17.8 Å². The van der Waals surface area contributed by atoms with Gasteiger partial charge in [0.2, 0.25) is 0 Å². The van der Waals surface area contributed by atoms with E-state index in [-0.39, 0.29) is 0 Å². The fraction of sp³-hybridized carbons (Fsp3) is 0.700. The maximum absolute atomic E-state index is 5.35. The Balaban J connectivity index is 1.89. The number of rotatable bonds is 0. The van der Waals surface area contributed by atoms with E-state index in [1.54, 1.807) is 6.39 Å². The lowest BCUT2D eigenvalue weighted by Crippen LogP contribution is -2.45. The summed E-state index contributed by atoms with van der Waals surface area (Å²) in [5.41, 5.74) is 1.20. The molecule has 0 aromatic carbocycles. The summed E-state index contributed by atoms with van der Waals surface area (Å²) in [6.45, 7) is 1.17. The van der Waals surface area contributed by atoms with E-state index in [9.17, 15) is 0 Å². The van der Waals surface area contributed by atoms with Crippen LogP contribution in [0.15, 0.2) is 10.8 Å². The Kier molecular flexibility index (Phi) is 1.65. The maximum Gasteiger partial charge on any atom is 0.181 e. The number of hydrogen-bond acceptors (Lipinski definition) is 3. The molecule has 0 bridgehead atoms. The van der Waals surface area contributed by atoms with Gasteiger partial charge in [0.15, 0.2) is 6.39 Å². The first-order valence-electron chi connectivity index (χ1n) is 5.08. The number of piperidine rings is 1. The molecule has 3 nitrogen and oxygen atoms in total. The van der Waals surface area contributed by atoms with E-state index in [1.165, 1.54) is 25.1 Å². The maximum atomic E-state index is 5.35. The Bertz CT molecular complexity index is 279. The van der Waals surface area contributed by atoms with E-state index in [0.29, 0.717) is 6.04 Å². The predicted molar refractivity (Wildman–Crippen MR) is 48.4 cm³/mol. The van der Waals surface area contributed by atoms with Crippen molar-refractivity contribution >= 4 is 0 Å². The molecule has 70 valence electrons. The quantitative estimate of drug-likeness (QED) is 0.647. The van der Waals surface area contributed by atoms with E-state index < -0.39 is 0 Å². The van der Waals surface area contributed by atoms with Crippen molar-refractivity contribution in [2.75, 3.05) is 6.54 Å². The lowest BCUT2D eigenvalue weighted by Gasteiger charge is -2.34. The first kappa shape index (κ1) is 7.56. The minimum atomic E-state index is 0.647. The van der Waals surface area contributed by atoms with Gasteiger partial charge >= 0.3 is 0 Å². The standard InChI is InChI=1S/C10H14N2O/c1-2-7-4-9-10(13-6-12-9)5-8(7)11-3-1/h6-8,11H,1-5H2. The first-order chi connectivity index (χ1) is 6.43. The van der Waals surface area contributed by atoms with Crippen LogP contribution in [-0.2, 0) is 12.8 Å². The number of aromatic nitrogens is 1. The minimum Gasteiger partial charge on any atom is -0.448 e. The van der Waals surface area contributed by atoms with Gasteiger partial charge in [0.25, 0.3) is 0 Å². The predicted octanol–water partition coefficient (Wildman–Crippen LogP) is 1.14. The van der Waals surface area contributed by atoms with Gasteiger partial charge in [-0.2, -0.15) is 0 Å². The molecule has 1 N–H and O–H groups in total. The molecule has 1 saturated heterocycles. The number of fused-ring (bicyclic) bond motifs is 2. The second-order valence-electron chi connectivity index (χ2n) is 4.09. The zero-order chi connectivity index (χ0) is 8.67. The lowest BCUT2D eigenvalue weighted by molar-refractivity contribution is 0.247. The van der Waals surface area contributed by atoms with Crippen LogP contribution in [0.5, 0.6) is 0 Å². The molecule has 2 heterocycles. The zero-order valence-electron chi connectivity index (χ0n) is 7.62. The highest BCUT2D eigenvalue weighted by Crippen LogP contribution is 2.29. The number of nitrogens with zero attached hydrogens (tertiary/aromatic N) is 1. The average Bonchev–Trinajstić information content (AvgIpc) is 2.61. The van der Waals surface area contributed by atoms with Gasteiger partial charge in [-0.3, -0.25) is 0 Å². The molecule has 3 rings (SSSR count). The van der Waals surface area contributed by atoms with Crippen molar-refractivity contribution in [2.45, 2.75) is 31.7 Å². The summed E-state index contributed by atoms with van der Waals surface area (Å²) in [6, 6.07) is 0.647. The number of hydrogen-bond donors (Lipinski definition) is 1. The molecule has 2 aliphatic rings. The van der Waals surface area contributed by atoms with Crippen molar-refractivity contribution < 1.29 is 4.42 Å². The molecule has 0 radical (unpaired) electrons. The second-order valence-corrected chi connectivity index (χ2v) is 4.09. The first-order valence-corrected chi connectivity index (χ1v) is 5.08. The fourth-order valence-corrected chi connectivity index (χ4v) is 2.58. The summed E-state index contributed by atoms with van der Waals surface area (Å²) >= 11 is 0. The second kappa shape index (κ2) is 2.84. The van der Waals surface area contributed by atoms with Gasteiger partial charge in [-0.1, -0.05) is 0 Å². The monoisotopic (exact) mass is 178 g/mol. The van der Waals surface area contributed by atoms with Gasteiger partial charge in [-0.25, -0.2) is 4.98 Å². The third kappa shape index (κ3) is 1.18. The van der Waals surface area contributed by atoms with Crippen molar-refractivity contribution in [1.82, 2.24) is 10.3 Å². The SMILES string of the molecule is c1nc2c(o1)CC1NCCCC1C2. The Morgan fingerprint density at radius 3 is 3.46 bits per heavy atom. The number of nitrogens with one attached hydrogen (secondary N) is 1. The van der Waals surface area contributed by atoms with Crippen LogP contribution in [0.1, 0.15) is 24.3 Å². The molecule has 1 aromatic rings. The molecule has 2 unspecified atom stereocenters. The summed E-state index contributed by atoms with van der Waals surface area (Å²) in [6.07, 6.45) is 6.41. The van der Waals surface area contributed by atoms with Gasteiger partial charge in [-0.05, 0) is 31.7 Å². The summed E-state index contributed by atoms with van der Waals surface area (Å²) in [7, 11) is 0. The molecule has 0 amide bonds. The van der Waals surface area contributed by atoms with Gasteiger partial charge in [-0.15, -0.1) is 0 Å². The highest BCUT2D eigenvalue weighted by atomic mass is 16.3.